The summed E-state index contributed by atoms with van der Waals surface area (Å²) in [7, 11) is 1.66. The molecule has 106 valence electrons. The van der Waals surface area contributed by atoms with Crippen LogP contribution >= 0.6 is 0 Å². The van der Waals surface area contributed by atoms with Crippen molar-refractivity contribution in [3.8, 4) is 17.0 Å². The number of nitrogens with one attached hydrogen (secondary N) is 1. The Hall–Kier alpha value is -1.85. The zero-order valence-corrected chi connectivity index (χ0v) is 11.7. The van der Waals surface area contributed by atoms with Crippen LogP contribution in [0.2, 0.25) is 0 Å². The monoisotopic (exact) mass is 273 g/mol. The lowest BCUT2D eigenvalue weighted by Gasteiger charge is -2.41. The fraction of sp³-hybridized carbons (Fsp3) is 0.400. The highest BCUT2D eigenvalue weighted by Crippen LogP contribution is 2.31. The minimum absolute atomic E-state index is 0.142. The molecule has 1 fully saturated rings. The van der Waals surface area contributed by atoms with Gasteiger partial charge in [0.1, 0.15) is 11.6 Å². The van der Waals surface area contributed by atoms with Crippen LogP contribution in [0.25, 0.3) is 11.3 Å². The number of methoxy groups -OCH3 is 1. The molecule has 0 amide bonds. The van der Waals surface area contributed by atoms with Crippen molar-refractivity contribution in [2.45, 2.75) is 18.4 Å². The van der Waals surface area contributed by atoms with Crippen molar-refractivity contribution in [2.75, 3.05) is 20.3 Å². The van der Waals surface area contributed by atoms with E-state index < -0.39 is 0 Å². The molecule has 3 N–H and O–H groups in total. The third-order valence-corrected chi connectivity index (χ3v) is 4.01. The SMILES string of the molecule is COc1ccc(-c2cnc(C(C)C3(N)COC3)[nH]2)cc1. The van der Waals surface area contributed by atoms with E-state index in [9.17, 15) is 0 Å². The first kappa shape index (κ1) is 13.1. The molecule has 1 unspecified atom stereocenters. The number of rotatable bonds is 4. The van der Waals surface area contributed by atoms with E-state index in [1.165, 1.54) is 0 Å². The molecule has 1 aromatic heterocycles. The van der Waals surface area contributed by atoms with Gasteiger partial charge < -0.3 is 20.2 Å². The zero-order chi connectivity index (χ0) is 14.2. The van der Waals surface area contributed by atoms with Crippen LogP contribution in [0.3, 0.4) is 0 Å². The predicted octanol–water partition coefficient (Wildman–Crippen LogP) is 1.92. The standard InChI is InChI=1S/C15H19N3O2/c1-10(15(16)8-20-9-15)14-17-7-13(18-14)11-3-5-12(19-2)6-4-11/h3-7,10H,8-9,16H2,1-2H3,(H,17,18). The first-order valence-corrected chi connectivity index (χ1v) is 6.68. The van der Waals surface area contributed by atoms with E-state index in [1.807, 2.05) is 30.5 Å². The molecule has 2 aromatic rings. The van der Waals surface area contributed by atoms with E-state index in [-0.39, 0.29) is 11.5 Å². The van der Waals surface area contributed by atoms with Gasteiger partial charge in [-0.05, 0) is 29.8 Å². The number of nitrogens with zero attached hydrogens (tertiary/aromatic N) is 1. The van der Waals surface area contributed by atoms with Crippen LogP contribution in [0, 0.1) is 0 Å². The fourth-order valence-electron chi connectivity index (χ4n) is 2.33. The van der Waals surface area contributed by atoms with Crippen LogP contribution < -0.4 is 10.5 Å². The topological polar surface area (TPSA) is 73.2 Å². The van der Waals surface area contributed by atoms with Crippen molar-refractivity contribution in [2.24, 2.45) is 5.73 Å². The third-order valence-electron chi connectivity index (χ3n) is 4.01. The maximum atomic E-state index is 6.26. The number of H-pyrrole nitrogens is 1. The van der Waals surface area contributed by atoms with E-state index in [1.54, 1.807) is 7.11 Å². The van der Waals surface area contributed by atoms with E-state index >= 15 is 0 Å². The van der Waals surface area contributed by atoms with Crippen LogP contribution in [0.15, 0.2) is 30.5 Å². The lowest BCUT2D eigenvalue weighted by atomic mass is 9.84. The highest BCUT2D eigenvalue weighted by atomic mass is 16.5. The lowest BCUT2D eigenvalue weighted by molar-refractivity contribution is -0.0655. The summed E-state index contributed by atoms with van der Waals surface area (Å²) in [6.45, 7) is 3.26. The number of imidazole rings is 1. The molecule has 3 rings (SSSR count). The van der Waals surface area contributed by atoms with Gasteiger partial charge in [0.05, 0.1) is 37.8 Å². The zero-order valence-electron chi connectivity index (χ0n) is 11.7. The third kappa shape index (κ3) is 2.19. The van der Waals surface area contributed by atoms with Gasteiger partial charge in [-0.25, -0.2) is 4.98 Å². The first-order chi connectivity index (χ1) is 9.62. The number of hydrogen-bond donors (Lipinski definition) is 2. The van der Waals surface area contributed by atoms with Gasteiger partial charge in [0, 0.05) is 5.92 Å². The van der Waals surface area contributed by atoms with Crippen molar-refractivity contribution in [1.82, 2.24) is 9.97 Å². The molecule has 0 saturated carbocycles. The van der Waals surface area contributed by atoms with Gasteiger partial charge in [0.15, 0.2) is 0 Å². The maximum absolute atomic E-state index is 6.26. The molecule has 2 heterocycles. The number of hydrogen-bond acceptors (Lipinski definition) is 4. The number of aromatic amines is 1. The van der Waals surface area contributed by atoms with E-state index in [0.717, 1.165) is 22.8 Å². The summed E-state index contributed by atoms with van der Waals surface area (Å²) in [4.78, 5) is 7.81. The summed E-state index contributed by atoms with van der Waals surface area (Å²) in [5.74, 6) is 1.89. The summed E-state index contributed by atoms with van der Waals surface area (Å²) in [6, 6.07) is 7.88. The second-order valence-corrected chi connectivity index (χ2v) is 5.36. The minimum Gasteiger partial charge on any atom is -0.497 e. The van der Waals surface area contributed by atoms with Gasteiger partial charge in [-0.2, -0.15) is 0 Å². The summed E-state index contributed by atoms with van der Waals surface area (Å²) in [5, 5.41) is 0. The summed E-state index contributed by atoms with van der Waals surface area (Å²) >= 11 is 0. The first-order valence-electron chi connectivity index (χ1n) is 6.68. The van der Waals surface area contributed by atoms with Gasteiger partial charge in [-0.1, -0.05) is 6.92 Å². The van der Waals surface area contributed by atoms with E-state index in [2.05, 4.69) is 16.9 Å². The molecule has 1 saturated heterocycles. The molecule has 0 spiro atoms. The Morgan fingerprint density at radius 3 is 2.60 bits per heavy atom. The van der Waals surface area contributed by atoms with Gasteiger partial charge >= 0.3 is 0 Å². The van der Waals surface area contributed by atoms with Crippen LogP contribution in [0.5, 0.6) is 5.75 Å². The van der Waals surface area contributed by atoms with Gasteiger partial charge in [0.2, 0.25) is 0 Å². The van der Waals surface area contributed by atoms with Crippen molar-refractivity contribution in [1.29, 1.82) is 0 Å². The molecule has 0 bridgehead atoms. The van der Waals surface area contributed by atoms with E-state index in [0.29, 0.717) is 13.2 Å². The second-order valence-electron chi connectivity index (χ2n) is 5.36. The Kier molecular flexibility index (Phi) is 3.23. The molecule has 5 nitrogen and oxygen atoms in total. The normalized spacial score (nSPS) is 18.4. The van der Waals surface area contributed by atoms with Crippen LogP contribution in [-0.4, -0.2) is 35.8 Å². The van der Waals surface area contributed by atoms with Crippen molar-refractivity contribution >= 4 is 0 Å². The minimum atomic E-state index is -0.297. The second kappa shape index (κ2) is 4.92. The maximum Gasteiger partial charge on any atom is 0.118 e. The molecular weight excluding hydrogens is 254 g/mol. The van der Waals surface area contributed by atoms with Crippen molar-refractivity contribution < 1.29 is 9.47 Å². The largest absolute Gasteiger partial charge is 0.497 e. The molecule has 0 aliphatic carbocycles. The molecule has 1 aliphatic heterocycles. The van der Waals surface area contributed by atoms with Crippen molar-refractivity contribution in [3.63, 3.8) is 0 Å². The molecular formula is C15H19N3O2. The number of aromatic nitrogens is 2. The Labute approximate surface area is 118 Å². The number of nitrogens with two attached hydrogens (primary N) is 1. The van der Waals surface area contributed by atoms with Crippen LogP contribution in [0.1, 0.15) is 18.7 Å². The highest BCUT2D eigenvalue weighted by Gasteiger charge is 2.41. The summed E-state index contributed by atoms with van der Waals surface area (Å²) in [6.07, 6.45) is 1.84. The molecule has 20 heavy (non-hydrogen) atoms. The Morgan fingerprint density at radius 2 is 2.05 bits per heavy atom. The molecule has 0 radical (unpaired) electrons. The molecule has 1 aromatic carbocycles. The quantitative estimate of drug-likeness (QED) is 0.892. The number of ether oxygens (including phenoxy) is 2. The highest BCUT2D eigenvalue weighted by molar-refractivity contribution is 5.59. The molecule has 1 aliphatic rings. The van der Waals surface area contributed by atoms with E-state index in [4.69, 9.17) is 15.2 Å². The fourth-order valence-corrected chi connectivity index (χ4v) is 2.33. The van der Waals surface area contributed by atoms with Gasteiger partial charge in [-0.3, -0.25) is 0 Å². The van der Waals surface area contributed by atoms with Crippen LogP contribution in [-0.2, 0) is 4.74 Å². The molecule has 1 atom stereocenters. The van der Waals surface area contributed by atoms with Gasteiger partial charge in [-0.15, -0.1) is 0 Å². The smallest absolute Gasteiger partial charge is 0.118 e. The summed E-state index contributed by atoms with van der Waals surface area (Å²) in [5.41, 5.74) is 8.03. The lowest BCUT2D eigenvalue weighted by Crippen LogP contribution is -2.60. The molecule has 5 heteroatoms. The number of benzene rings is 1. The van der Waals surface area contributed by atoms with Gasteiger partial charge in [0.25, 0.3) is 0 Å². The van der Waals surface area contributed by atoms with Crippen molar-refractivity contribution in [3.05, 3.63) is 36.3 Å². The average Bonchev–Trinajstić information content (AvgIpc) is 2.93. The van der Waals surface area contributed by atoms with Crippen LogP contribution in [0.4, 0.5) is 0 Å². The average molecular weight is 273 g/mol. The Bertz CT molecular complexity index is 587. The predicted molar refractivity (Wildman–Crippen MR) is 76.7 cm³/mol. The Morgan fingerprint density at radius 1 is 1.35 bits per heavy atom. The summed E-state index contributed by atoms with van der Waals surface area (Å²) < 4.78 is 10.4. The Balaban J connectivity index is 1.82.